The van der Waals surface area contributed by atoms with Crippen molar-refractivity contribution >= 4 is 11.8 Å². The molecule has 2 heterocycles. The maximum absolute atomic E-state index is 12.7. The van der Waals surface area contributed by atoms with Crippen molar-refractivity contribution in [3.8, 4) is 0 Å². The SMILES string of the molecule is CCC1NC(=O)C(CC)(CC)N(CCn2cccn2)C1=O. The third kappa shape index (κ3) is 2.66. The Hall–Kier alpha value is -1.85. The second kappa shape index (κ2) is 6.28. The maximum atomic E-state index is 12.7. The van der Waals surface area contributed by atoms with Crippen LogP contribution in [0.15, 0.2) is 18.5 Å². The zero-order valence-corrected chi connectivity index (χ0v) is 13.0. The molecule has 1 unspecified atom stereocenters. The Kier molecular flexibility index (Phi) is 4.65. The molecular weight excluding hydrogens is 268 g/mol. The van der Waals surface area contributed by atoms with Crippen molar-refractivity contribution < 1.29 is 9.59 Å². The summed E-state index contributed by atoms with van der Waals surface area (Å²) in [7, 11) is 0. The molecule has 1 aliphatic rings. The number of amides is 2. The molecule has 6 heteroatoms. The Morgan fingerprint density at radius 1 is 1.24 bits per heavy atom. The predicted octanol–water partition coefficient (Wildman–Crippen LogP) is 1.18. The lowest BCUT2D eigenvalue weighted by Gasteiger charge is -2.47. The molecule has 0 radical (unpaired) electrons. The van der Waals surface area contributed by atoms with E-state index in [2.05, 4.69) is 10.4 Å². The van der Waals surface area contributed by atoms with E-state index in [0.717, 1.165) is 0 Å². The smallest absolute Gasteiger partial charge is 0.246 e. The van der Waals surface area contributed by atoms with Crippen molar-refractivity contribution in [2.45, 2.75) is 58.2 Å². The van der Waals surface area contributed by atoms with Crippen molar-refractivity contribution in [1.29, 1.82) is 0 Å². The van der Waals surface area contributed by atoms with Gasteiger partial charge in [-0.2, -0.15) is 5.10 Å². The van der Waals surface area contributed by atoms with Crippen LogP contribution < -0.4 is 5.32 Å². The zero-order chi connectivity index (χ0) is 15.5. The summed E-state index contributed by atoms with van der Waals surface area (Å²) in [5.74, 6) is -0.00706. The van der Waals surface area contributed by atoms with Crippen LogP contribution in [0.1, 0.15) is 40.0 Å². The predicted molar refractivity (Wildman–Crippen MR) is 79.5 cm³/mol. The second-order valence-electron chi connectivity index (χ2n) is 5.43. The fourth-order valence-corrected chi connectivity index (χ4v) is 3.06. The first-order valence-corrected chi connectivity index (χ1v) is 7.69. The van der Waals surface area contributed by atoms with E-state index in [1.807, 2.05) is 33.0 Å². The van der Waals surface area contributed by atoms with Crippen molar-refractivity contribution in [2.75, 3.05) is 6.54 Å². The van der Waals surface area contributed by atoms with Gasteiger partial charge in [0.25, 0.3) is 0 Å². The molecule has 2 rings (SSSR count). The van der Waals surface area contributed by atoms with Gasteiger partial charge < -0.3 is 10.2 Å². The number of carbonyl (C=O) groups is 2. The van der Waals surface area contributed by atoms with Crippen LogP contribution >= 0.6 is 0 Å². The van der Waals surface area contributed by atoms with Crippen LogP contribution in [0.2, 0.25) is 0 Å². The molecule has 1 aromatic rings. The number of rotatable bonds is 6. The Labute approximate surface area is 125 Å². The summed E-state index contributed by atoms with van der Waals surface area (Å²) in [5, 5.41) is 7.04. The van der Waals surface area contributed by atoms with E-state index in [1.165, 1.54) is 0 Å². The molecule has 1 atom stereocenters. The molecule has 1 N–H and O–H groups in total. The first-order chi connectivity index (χ1) is 10.1. The lowest BCUT2D eigenvalue weighted by Crippen LogP contribution is -2.70. The minimum atomic E-state index is -0.726. The maximum Gasteiger partial charge on any atom is 0.246 e. The monoisotopic (exact) mass is 292 g/mol. The molecule has 2 amide bonds. The summed E-state index contributed by atoms with van der Waals surface area (Å²) in [6, 6.07) is 1.45. The van der Waals surface area contributed by atoms with Crippen LogP contribution in [-0.2, 0) is 16.1 Å². The number of hydrogen-bond donors (Lipinski definition) is 1. The van der Waals surface area contributed by atoms with Gasteiger partial charge in [-0.05, 0) is 25.3 Å². The highest BCUT2D eigenvalue weighted by molar-refractivity contribution is 5.99. The lowest BCUT2D eigenvalue weighted by molar-refractivity contribution is -0.158. The number of piperazine rings is 1. The van der Waals surface area contributed by atoms with Gasteiger partial charge in [0.15, 0.2) is 0 Å². The molecule has 1 saturated heterocycles. The van der Waals surface area contributed by atoms with Crippen LogP contribution in [0.5, 0.6) is 0 Å². The van der Waals surface area contributed by atoms with Crippen LogP contribution in [0.3, 0.4) is 0 Å². The molecule has 116 valence electrons. The van der Waals surface area contributed by atoms with Gasteiger partial charge in [-0.1, -0.05) is 20.8 Å². The molecule has 0 bridgehead atoms. The average Bonchev–Trinajstić information content (AvgIpc) is 3.01. The molecule has 21 heavy (non-hydrogen) atoms. The number of nitrogens with one attached hydrogen (secondary N) is 1. The minimum Gasteiger partial charge on any atom is -0.342 e. The fraction of sp³-hybridized carbons (Fsp3) is 0.667. The Bertz CT molecular complexity index is 494. The van der Waals surface area contributed by atoms with E-state index < -0.39 is 11.6 Å². The van der Waals surface area contributed by atoms with Gasteiger partial charge >= 0.3 is 0 Å². The molecular formula is C15H24N4O2. The second-order valence-corrected chi connectivity index (χ2v) is 5.43. The minimum absolute atomic E-state index is 0.0213. The summed E-state index contributed by atoms with van der Waals surface area (Å²) in [6.45, 7) is 6.95. The van der Waals surface area contributed by atoms with Crippen LogP contribution in [0.4, 0.5) is 0 Å². The van der Waals surface area contributed by atoms with Crippen molar-refractivity contribution in [3.05, 3.63) is 18.5 Å². The van der Waals surface area contributed by atoms with E-state index in [0.29, 0.717) is 32.4 Å². The molecule has 0 saturated carbocycles. The Morgan fingerprint density at radius 2 is 1.95 bits per heavy atom. The standard InChI is InChI=1S/C15H24N4O2/c1-4-12-13(20)19(11-10-18-9-7-8-16-18)15(5-2,6-3)14(21)17-12/h7-9,12H,4-6,10-11H2,1-3H3,(H,17,21). The lowest BCUT2D eigenvalue weighted by atomic mass is 9.85. The summed E-state index contributed by atoms with van der Waals surface area (Å²) in [5.41, 5.74) is -0.726. The van der Waals surface area contributed by atoms with Gasteiger partial charge in [0.1, 0.15) is 11.6 Å². The zero-order valence-electron chi connectivity index (χ0n) is 13.0. The molecule has 1 aromatic heterocycles. The summed E-state index contributed by atoms with van der Waals surface area (Å²) >= 11 is 0. The third-order valence-electron chi connectivity index (χ3n) is 4.50. The largest absolute Gasteiger partial charge is 0.342 e. The highest BCUT2D eigenvalue weighted by atomic mass is 16.2. The number of nitrogens with zero attached hydrogens (tertiary/aromatic N) is 3. The molecule has 0 aliphatic carbocycles. The van der Waals surface area contributed by atoms with E-state index in [9.17, 15) is 9.59 Å². The fourth-order valence-electron chi connectivity index (χ4n) is 3.06. The van der Waals surface area contributed by atoms with Gasteiger partial charge in [0, 0.05) is 18.9 Å². The summed E-state index contributed by atoms with van der Waals surface area (Å²) in [4.78, 5) is 27.0. The normalized spacial score (nSPS) is 21.5. The molecule has 1 fully saturated rings. The van der Waals surface area contributed by atoms with Gasteiger partial charge in [0.2, 0.25) is 11.8 Å². The van der Waals surface area contributed by atoms with Gasteiger partial charge in [0.05, 0.1) is 6.54 Å². The summed E-state index contributed by atoms with van der Waals surface area (Å²) < 4.78 is 1.79. The van der Waals surface area contributed by atoms with E-state index in [4.69, 9.17) is 0 Å². The van der Waals surface area contributed by atoms with Crippen molar-refractivity contribution in [1.82, 2.24) is 20.0 Å². The van der Waals surface area contributed by atoms with Crippen LogP contribution in [0, 0.1) is 0 Å². The number of hydrogen-bond acceptors (Lipinski definition) is 3. The number of carbonyl (C=O) groups excluding carboxylic acids is 2. The van der Waals surface area contributed by atoms with E-state index in [1.54, 1.807) is 15.8 Å². The van der Waals surface area contributed by atoms with Crippen molar-refractivity contribution in [2.24, 2.45) is 0 Å². The van der Waals surface area contributed by atoms with Gasteiger partial charge in [-0.15, -0.1) is 0 Å². The first kappa shape index (κ1) is 15.5. The van der Waals surface area contributed by atoms with Crippen molar-refractivity contribution in [3.63, 3.8) is 0 Å². The highest BCUT2D eigenvalue weighted by Gasteiger charge is 2.49. The molecule has 6 nitrogen and oxygen atoms in total. The summed E-state index contributed by atoms with van der Waals surface area (Å²) in [6.07, 6.45) is 5.44. The van der Waals surface area contributed by atoms with Gasteiger partial charge in [-0.25, -0.2) is 0 Å². The molecule has 1 aliphatic heterocycles. The Morgan fingerprint density at radius 3 is 2.48 bits per heavy atom. The van der Waals surface area contributed by atoms with E-state index >= 15 is 0 Å². The Balaban J connectivity index is 2.24. The third-order valence-corrected chi connectivity index (χ3v) is 4.50. The van der Waals surface area contributed by atoms with Crippen LogP contribution in [0.25, 0.3) is 0 Å². The molecule has 0 spiro atoms. The van der Waals surface area contributed by atoms with Crippen LogP contribution in [-0.4, -0.2) is 44.6 Å². The highest BCUT2D eigenvalue weighted by Crippen LogP contribution is 2.29. The molecule has 0 aromatic carbocycles. The van der Waals surface area contributed by atoms with Gasteiger partial charge in [-0.3, -0.25) is 14.3 Å². The number of aromatic nitrogens is 2. The quantitative estimate of drug-likeness (QED) is 0.856. The topological polar surface area (TPSA) is 67.2 Å². The first-order valence-electron chi connectivity index (χ1n) is 7.69. The average molecular weight is 292 g/mol. The van der Waals surface area contributed by atoms with E-state index in [-0.39, 0.29) is 11.8 Å².